The average Bonchev–Trinajstić information content (AvgIpc) is 2.38. The van der Waals surface area contributed by atoms with Crippen LogP contribution in [0.3, 0.4) is 0 Å². The van der Waals surface area contributed by atoms with E-state index < -0.39 is 16.0 Å². The fourth-order valence-corrected chi connectivity index (χ4v) is 4.08. The number of carboxylic acids is 1. The fourth-order valence-electron chi connectivity index (χ4n) is 2.45. The summed E-state index contributed by atoms with van der Waals surface area (Å²) in [5, 5.41) is 9.16. The van der Waals surface area contributed by atoms with E-state index in [2.05, 4.69) is 0 Å². The minimum absolute atomic E-state index is 0.132. The van der Waals surface area contributed by atoms with Gasteiger partial charge in [-0.05, 0) is 43.0 Å². The number of aromatic carboxylic acids is 1. The van der Waals surface area contributed by atoms with Crippen LogP contribution in [0.25, 0.3) is 0 Å². The van der Waals surface area contributed by atoms with Crippen molar-refractivity contribution in [3.8, 4) is 0 Å². The van der Waals surface area contributed by atoms with Crippen LogP contribution >= 0.6 is 0 Å². The van der Waals surface area contributed by atoms with E-state index in [4.69, 9.17) is 5.11 Å². The highest BCUT2D eigenvalue weighted by Gasteiger charge is 2.26. The van der Waals surface area contributed by atoms with Crippen molar-refractivity contribution >= 4 is 21.7 Å². The zero-order chi connectivity index (χ0) is 14.8. The first-order valence-corrected chi connectivity index (χ1v) is 8.42. The average molecular weight is 297 g/mol. The number of nitrogens with zero attached hydrogens (tertiary/aromatic N) is 1. The van der Waals surface area contributed by atoms with Gasteiger partial charge in [-0.1, -0.05) is 13.3 Å². The maximum Gasteiger partial charge on any atom is 0.335 e. The molecule has 1 N–H and O–H groups in total. The van der Waals surface area contributed by atoms with E-state index in [1.807, 2.05) is 6.92 Å². The van der Waals surface area contributed by atoms with Crippen LogP contribution in [0.15, 0.2) is 18.2 Å². The molecule has 20 heavy (non-hydrogen) atoms. The van der Waals surface area contributed by atoms with Gasteiger partial charge in [0.15, 0.2) is 0 Å². The second-order valence-electron chi connectivity index (χ2n) is 5.04. The number of anilines is 1. The van der Waals surface area contributed by atoms with Gasteiger partial charge < -0.3 is 5.11 Å². The molecule has 1 saturated heterocycles. The van der Waals surface area contributed by atoms with Gasteiger partial charge in [0.25, 0.3) is 0 Å². The molecule has 0 aliphatic carbocycles. The predicted octanol–water partition coefficient (Wildman–Crippen LogP) is 2.27. The van der Waals surface area contributed by atoms with Gasteiger partial charge in [-0.25, -0.2) is 13.2 Å². The van der Waals surface area contributed by atoms with Crippen LogP contribution in [-0.4, -0.2) is 31.8 Å². The standard InChI is InChI=1S/C14H19NO4S/c1-2-5-11-8-12(14(16)17)10-13(9-11)15-6-3-4-7-20(15,18)19/h8-10H,2-7H2,1H3,(H,16,17). The molecule has 5 nitrogen and oxygen atoms in total. The molecule has 1 aliphatic heterocycles. The summed E-state index contributed by atoms with van der Waals surface area (Å²) in [5.41, 5.74) is 1.49. The lowest BCUT2D eigenvalue weighted by molar-refractivity contribution is 0.0696. The third kappa shape index (κ3) is 3.12. The molecule has 1 heterocycles. The van der Waals surface area contributed by atoms with E-state index >= 15 is 0 Å². The maximum absolute atomic E-state index is 12.1. The van der Waals surface area contributed by atoms with Crippen LogP contribution in [0, 0.1) is 0 Å². The monoisotopic (exact) mass is 297 g/mol. The van der Waals surface area contributed by atoms with Crippen LogP contribution in [0.2, 0.25) is 0 Å². The third-order valence-electron chi connectivity index (χ3n) is 3.40. The second kappa shape index (κ2) is 5.83. The molecule has 6 heteroatoms. The van der Waals surface area contributed by atoms with E-state index in [0.29, 0.717) is 18.7 Å². The number of hydrogen-bond acceptors (Lipinski definition) is 3. The molecule has 0 atom stereocenters. The zero-order valence-corrected chi connectivity index (χ0v) is 12.3. The highest BCUT2D eigenvalue weighted by atomic mass is 32.2. The molecular formula is C14H19NO4S. The summed E-state index contributed by atoms with van der Waals surface area (Å²) in [4.78, 5) is 11.2. The van der Waals surface area contributed by atoms with Crippen LogP contribution in [0.5, 0.6) is 0 Å². The molecule has 2 rings (SSSR count). The van der Waals surface area contributed by atoms with E-state index in [9.17, 15) is 13.2 Å². The molecule has 0 unspecified atom stereocenters. The Labute approximate surface area is 119 Å². The van der Waals surface area contributed by atoms with Crippen LogP contribution in [0.1, 0.15) is 42.1 Å². The molecule has 110 valence electrons. The maximum atomic E-state index is 12.1. The zero-order valence-electron chi connectivity index (χ0n) is 11.5. The second-order valence-corrected chi connectivity index (χ2v) is 7.05. The van der Waals surface area contributed by atoms with Gasteiger partial charge in [0.2, 0.25) is 10.0 Å². The lowest BCUT2D eigenvalue weighted by Crippen LogP contribution is -2.38. The van der Waals surface area contributed by atoms with Crippen LogP contribution in [0.4, 0.5) is 5.69 Å². The molecule has 0 bridgehead atoms. The summed E-state index contributed by atoms with van der Waals surface area (Å²) in [6.45, 7) is 2.43. The first kappa shape index (κ1) is 14.8. The third-order valence-corrected chi connectivity index (χ3v) is 5.27. The summed E-state index contributed by atoms with van der Waals surface area (Å²) >= 11 is 0. The van der Waals surface area contributed by atoms with E-state index in [-0.39, 0.29) is 11.3 Å². The van der Waals surface area contributed by atoms with E-state index in [0.717, 1.165) is 24.8 Å². The van der Waals surface area contributed by atoms with Gasteiger partial charge in [-0.3, -0.25) is 4.31 Å². The van der Waals surface area contributed by atoms with E-state index in [1.165, 1.54) is 10.4 Å². The Balaban J connectivity index is 2.46. The summed E-state index contributed by atoms with van der Waals surface area (Å²) in [6, 6.07) is 4.86. The molecule has 1 aromatic rings. The summed E-state index contributed by atoms with van der Waals surface area (Å²) in [6.07, 6.45) is 3.09. The number of benzene rings is 1. The Kier molecular flexibility index (Phi) is 4.32. The minimum Gasteiger partial charge on any atom is -0.478 e. The van der Waals surface area contributed by atoms with Crippen molar-refractivity contribution in [2.45, 2.75) is 32.6 Å². The minimum atomic E-state index is -3.31. The van der Waals surface area contributed by atoms with Crippen molar-refractivity contribution < 1.29 is 18.3 Å². The quantitative estimate of drug-likeness (QED) is 0.925. The van der Waals surface area contributed by atoms with Crippen molar-refractivity contribution in [3.05, 3.63) is 29.3 Å². The van der Waals surface area contributed by atoms with Crippen LogP contribution in [-0.2, 0) is 16.4 Å². The Bertz CT molecular complexity index is 610. The molecule has 0 saturated carbocycles. The van der Waals surface area contributed by atoms with Gasteiger partial charge >= 0.3 is 5.97 Å². The summed E-state index contributed by atoms with van der Waals surface area (Å²) in [5.74, 6) is -0.897. The summed E-state index contributed by atoms with van der Waals surface area (Å²) < 4.78 is 25.6. The normalized spacial score (nSPS) is 17.9. The Morgan fingerprint density at radius 1 is 1.30 bits per heavy atom. The molecule has 0 aromatic heterocycles. The topological polar surface area (TPSA) is 74.7 Å². The Morgan fingerprint density at radius 2 is 2.05 bits per heavy atom. The molecule has 0 amide bonds. The Hall–Kier alpha value is -1.56. The van der Waals surface area contributed by atoms with Gasteiger partial charge in [-0.15, -0.1) is 0 Å². The first-order chi connectivity index (χ1) is 9.44. The lowest BCUT2D eigenvalue weighted by Gasteiger charge is -2.28. The van der Waals surface area contributed by atoms with Crippen molar-refractivity contribution in [1.82, 2.24) is 0 Å². The molecule has 1 aromatic carbocycles. The van der Waals surface area contributed by atoms with Crippen molar-refractivity contribution in [2.24, 2.45) is 0 Å². The van der Waals surface area contributed by atoms with E-state index in [1.54, 1.807) is 12.1 Å². The molecule has 0 spiro atoms. The van der Waals surface area contributed by atoms with Gasteiger partial charge in [-0.2, -0.15) is 0 Å². The number of rotatable bonds is 4. The summed E-state index contributed by atoms with van der Waals surface area (Å²) in [7, 11) is -3.31. The number of aryl methyl sites for hydroxylation is 1. The van der Waals surface area contributed by atoms with Crippen molar-refractivity contribution in [1.29, 1.82) is 0 Å². The molecule has 0 radical (unpaired) electrons. The van der Waals surface area contributed by atoms with Gasteiger partial charge in [0.05, 0.1) is 17.0 Å². The largest absolute Gasteiger partial charge is 0.478 e. The predicted molar refractivity (Wildman–Crippen MR) is 77.8 cm³/mol. The fraction of sp³-hybridized carbons (Fsp3) is 0.500. The molecule has 1 fully saturated rings. The van der Waals surface area contributed by atoms with Gasteiger partial charge in [0, 0.05) is 6.54 Å². The number of carbonyl (C=O) groups is 1. The van der Waals surface area contributed by atoms with Crippen molar-refractivity contribution in [3.63, 3.8) is 0 Å². The van der Waals surface area contributed by atoms with Crippen molar-refractivity contribution in [2.75, 3.05) is 16.6 Å². The number of hydrogen-bond donors (Lipinski definition) is 1. The highest BCUT2D eigenvalue weighted by molar-refractivity contribution is 7.92. The van der Waals surface area contributed by atoms with Gasteiger partial charge in [0.1, 0.15) is 0 Å². The number of sulfonamides is 1. The smallest absolute Gasteiger partial charge is 0.335 e. The molecular weight excluding hydrogens is 278 g/mol. The lowest BCUT2D eigenvalue weighted by atomic mass is 10.1. The highest BCUT2D eigenvalue weighted by Crippen LogP contribution is 2.26. The van der Waals surface area contributed by atoms with Crippen LogP contribution < -0.4 is 4.31 Å². The molecule has 1 aliphatic rings. The first-order valence-electron chi connectivity index (χ1n) is 6.81. The SMILES string of the molecule is CCCc1cc(C(=O)O)cc(N2CCCCS2(=O)=O)c1. The Morgan fingerprint density at radius 3 is 2.65 bits per heavy atom. The number of carboxylic acid groups (broad SMARTS) is 1.